The van der Waals surface area contributed by atoms with E-state index in [9.17, 15) is 4.79 Å². The van der Waals surface area contributed by atoms with Crippen molar-refractivity contribution in [1.82, 2.24) is 10.9 Å². The number of nitrogens with one attached hydrogen (secondary N) is 2. The third-order valence-electron chi connectivity index (χ3n) is 1.76. The molecule has 0 aliphatic rings. The highest BCUT2D eigenvalue weighted by molar-refractivity contribution is 5.70. The van der Waals surface area contributed by atoms with Gasteiger partial charge >= 0.3 is 6.03 Å². The first kappa shape index (κ1) is 10.2. The minimum atomic E-state index is -0.532. The summed E-state index contributed by atoms with van der Waals surface area (Å²) in [5.41, 5.74) is 9.94. The van der Waals surface area contributed by atoms with Gasteiger partial charge in [-0.3, -0.25) is 5.43 Å². The summed E-state index contributed by atoms with van der Waals surface area (Å²) in [6, 6.07) is -0.532. The van der Waals surface area contributed by atoms with Crippen LogP contribution in [0.2, 0.25) is 0 Å². The molecule has 0 bridgehead atoms. The van der Waals surface area contributed by atoms with Crippen molar-refractivity contribution in [2.24, 2.45) is 11.7 Å². The number of hydrogen-bond donors (Lipinski definition) is 3. The first-order valence-electron chi connectivity index (χ1n) is 3.99. The van der Waals surface area contributed by atoms with Crippen LogP contribution in [0.1, 0.15) is 26.7 Å². The zero-order valence-corrected chi connectivity index (χ0v) is 7.18. The van der Waals surface area contributed by atoms with E-state index in [0.29, 0.717) is 5.92 Å². The number of nitrogens with two attached hydrogens (primary N) is 1. The Hall–Kier alpha value is -0.770. The van der Waals surface area contributed by atoms with Crippen LogP contribution in [-0.2, 0) is 0 Å². The van der Waals surface area contributed by atoms with E-state index in [-0.39, 0.29) is 0 Å². The number of amides is 2. The first-order chi connectivity index (χ1) is 5.20. The topological polar surface area (TPSA) is 67.2 Å². The molecule has 0 aromatic rings. The molecule has 11 heavy (non-hydrogen) atoms. The van der Waals surface area contributed by atoms with Gasteiger partial charge in [-0.1, -0.05) is 26.7 Å². The van der Waals surface area contributed by atoms with Crippen LogP contribution < -0.4 is 16.6 Å². The highest BCUT2D eigenvalue weighted by atomic mass is 16.2. The van der Waals surface area contributed by atoms with Crippen molar-refractivity contribution in [1.29, 1.82) is 0 Å². The number of carbonyl (C=O) groups excluding carboxylic acids is 1. The van der Waals surface area contributed by atoms with Gasteiger partial charge < -0.3 is 5.73 Å². The fourth-order valence-electron chi connectivity index (χ4n) is 0.860. The van der Waals surface area contributed by atoms with Gasteiger partial charge in [-0.15, -0.1) is 0 Å². The summed E-state index contributed by atoms with van der Waals surface area (Å²) >= 11 is 0. The van der Waals surface area contributed by atoms with Gasteiger partial charge in [0.25, 0.3) is 0 Å². The zero-order chi connectivity index (χ0) is 8.69. The van der Waals surface area contributed by atoms with Crippen LogP contribution in [0.5, 0.6) is 0 Å². The van der Waals surface area contributed by atoms with Crippen LogP contribution >= 0.6 is 0 Å². The highest BCUT2D eigenvalue weighted by Crippen LogP contribution is 2.03. The van der Waals surface area contributed by atoms with Crippen LogP contribution in [0.25, 0.3) is 0 Å². The maximum absolute atomic E-state index is 10.2. The third kappa shape index (κ3) is 5.66. The van der Waals surface area contributed by atoms with E-state index in [4.69, 9.17) is 5.73 Å². The summed E-state index contributed by atoms with van der Waals surface area (Å²) in [7, 11) is 0. The third-order valence-corrected chi connectivity index (χ3v) is 1.76. The first-order valence-corrected chi connectivity index (χ1v) is 3.99. The molecule has 0 aromatic heterocycles. The Labute approximate surface area is 67.5 Å². The van der Waals surface area contributed by atoms with E-state index < -0.39 is 6.03 Å². The molecule has 0 heterocycles. The van der Waals surface area contributed by atoms with Gasteiger partial charge in [-0.2, -0.15) is 0 Å². The predicted molar refractivity (Wildman–Crippen MR) is 44.8 cm³/mol. The summed E-state index contributed by atoms with van der Waals surface area (Å²) in [6.45, 7) is 5.04. The van der Waals surface area contributed by atoms with Gasteiger partial charge in [0.05, 0.1) is 0 Å². The molecular weight excluding hydrogens is 142 g/mol. The van der Waals surface area contributed by atoms with E-state index in [2.05, 4.69) is 24.7 Å². The quantitative estimate of drug-likeness (QED) is 0.514. The highest BCUT2D eigenvalue weighted by Gasteiger charge is 2.01. The molecule has 66 valence electrons. The Morgan fingerprint density at radius 1 is 1.45 bits per heavy atom. The predicted octanol–water partition coefficient (Wildman–Crippen LogP) is 0.596. The summed E-state index contributed by atoms with van der Waals surface area (Å²) < 4.78 is 0. The largest absolute Gasteiger partial charge is 0.351 e. The molecule has 0 aliphatic carbocycles. The molecular formula is C7H17N3O. The summed E-state index contributed by atoms with van der Waals surface area (Å²) in [5, 5.41) is 0. The molecule has 4 heteroatoms. The number of rotatable bonds is 5. The van der Waals surface area contributed by atoms with E-state index in [1.807, 2.05) is 0 Å². The van der Waals surface area contributed by atoms with Crippen molar-refractivity contribution in [3.63, 3.8) is 0 Å². The van der Waals surface area contributed by atoms with E-state index in [1.54, 1.807) is 0 Å². The smallest absolute Gasteiger partial charge is 0.326 e. The second-order valence-electron chi connectivity index (χ2n) is 2.55. The minimum absolute atomic E-state index is 0.532. The molecule has 4 nitrogen and oxygen atoms in total. The van der Waals surface area contributed by atoms with E-state index >= 15 is 0 Å². The van der Waals surface area contributed by atoms with Crippen LogP contribution in [0, 0.1) is 5.92 Å². The van der Waals surface area contributed by atoms with Crippen molar-refractivity contribution >= 4 is 6.03 Å². The number of primary amides is 1. The molecule has 0 radical (unpaired) electrons. The number of urea groups is 1. The van der Waals surface area contributed by atoms with E-state index in [0.717, 1.165) is 19.4 Å². The van der Waals surface area contributed by atoms with Crippen LogP contribution in [-0.4, -0.2) is 12.6 Å². The molecule has 2 amide bonds. The van der Waals surface area contributed by atoms with Gasteiger partial charge in [0.15, 0.2) is 0 Å². The lowest BCUT2D eigenvalue weighted by Gasteiger charge is -2.12. The summed E-state index contributed by atoms with van der Waals surface area (Å²) in [4.78, 5) is 10.2. The SMILES string of the molecule is CCC(CC)CNNC(N)=O. The fourth-order valence-corrected chi connectivity index (χ4v) is 0.860. The molecule has 0 aromatic carbocycles. The van der Waals surface area contributed by atoms with E-state index in [1.165, 1.54) is 0 Å². The molecule has 4 N–H and O–H groups in total. The maximum Gasteiger partial charge on any atom is 0.326 e. The second-order valence-corrected chi connectivity index (χ2v) is 2.55. The Morgan fingerprint density at radius 2 is 2.00 bits per heavy atom. The van der Waals surface area contributed by atoms with Gasteiger partial charge in [-0.25, -0.2) is 10.2 Å². The average Bonchev–Trinajstić information content (AvgIpc) is 1.98. The second kappa shape index (κ2) is 5.97. The maximum atomic E-state index is 10.2. The Morgan fingerprint density at radius 3 is 2.36 bits per heavy atom. The Balaban J connectivity index is 3.28. The standard InChI is InChI=1S/C7H17N3O/c1-3-6(4-2)5-9-10-7(8)11/h6,9H,3-5H2,1-2H3,(H3,8,10,11). The normalized spacial score (nSPS) is 10.1. The van der Waals surface area contributed by atoms with Crippen molar-refractivity contribution in [3.05, 3.63) is 0 Å². The lowest BCUT2D eigenvalue weighted by Crippen LogP contribution is -2.43. The summed E-state index contributed by atoms with van der Waals surface area (Å²) in [6.07, 6.45) is 2.23. The minimum Gasteiger partial charge on any atom is -0.351 e. The van der Waals surface area contributed by atoms with Crippen LogP contribution in [0.15, 0.2) is 0 Å². The molecule has 0 spiro atoms. The number of hydrogen-bond acceptors (Lipinski definition) is 2. The number of hydrazine groups is 1. The molecule has 0 saturated heterocycles. The average molecular weight is 159 g/mol. The summed E-state index contributed by atoms with van der Waals surface area (Å²) in [5.74, 6) is 0.613. The van der Waals surface area contributed by atoms with Gasteiger partial charge in [0, 0.05) is 6.54 Å². The molecule has 0 saturated carbocycles. The van der Waals surface area contributed by atoms with Crippen molar-refractivity contribution in [2.75, 3.05) is 6.54 Å². The lowest BCUT2D eigenvalue weighted by molar-refractivity contribution is 0.243. The molecule has 0 rings (SSSR count). The monoisotopic (exact) mass is 159 g/mol. The number of carbonyl (C=O) groups is 1. The Kier molecular flexibility index (Phi) is 5.56. The molecule has 0 aliphatic heterocycles. The van der Waals surface area contributed by atoms with Crippen molar-refractivity contribution in [3.8, 4) is 0 Å². The molecule has 0 atom stereocenters. The van der Waals surface area contributed by atoms with Crippen molar-refractivity contribution in [2.45, 2.75) is 26.7 Å². The Bertz CT molecular complexity index is 112. The fraction of sp³-hybridized carbons (Fsp3) is 0.857. The van der Waals surface area contributed by atoms with Gasteiger partial charge in [-0.05, 0) is 5.92 Å². The lowest BCUT2D eigenvalue weighted by atomic mass is 10.0. The van der Waals surface area contributed by atoms with Crippen LogP contribution in [0.3, 0.4) is 0 Å². The van der Waals surface area contributed by atoms with Gasteiger partial charge in [0.1, 0.15) is 0 Å². The van der Waals surface area contributed by atoms with Gasteiger partial charge in [0.2, 0.25) is 0 Å². The molecule has 0 unspecified atom stereocenters. The molecule has 0 fully saturated rings. The van der Waals surface area contributed by atoms with Crippen molar-refractivity contribution < 1.29 is 4.79 Å². The van der Waals surface area contributed by atoms with Crippen LogP contribution in [0.4, 0.5) is 4.79 Å². The zero-order valence-electron chi connectivity index (χ0n) is 7.18.